The SMILES string of the molecule is Cc1c(C(O)CN2CCN(C(=O)O)CC2)ccc2c1COC2=O. The largest absolute Gasteiger partial charge is 0.465 e. The molecule has 0 aliphatic carbocycles. The van der Waals surface area contributed by atoms with E-state index >= 15 is 0 Å². The molecule has 2 aliphatic rings. The second-order valence-electron chi connectivity index (χ2n) is 5.97. The Hall–Kier alpha value is -2.12. The Balaban J connectivity index is 1.67. The molecular formula is C16H20N2O5. The van der Waals surface area contributed by atoms with Crippen LogP contribution in [0.5, 0.6) is 0 Å². The van der Waals surface area contributed by atoms with Gasteiger partial charge in [0.05, 0.1) is 11.7 Å². The van der Waals surface area contributed by atoms with Crippen LogP contribution in [0, 0.1) is 6.92 Å². The van der Waals surface area contributed by atoms with E-state index in [1.54, 1.807) is 12.1 Å². The molecule has 2 N–H and O–H groups in total. The second kappa shape index (κ2) is 6.17. The van der Waals surface area contributed by atoms with E-state index in [-0.39, 0.29) is 12.6 Å². The fraction of sp³-hybridized carbons (Fsp3) is 0.500. The quantitative estimate of drug-likeness (QED) is 0.807. The van der Waals surface area contributed by atoms with Crippen LogP contribution in [0.1, 0.15) is 33.2 Å². The first-order chi connectivity index (χ1) is 11.0. The van der Waals surface area contributed by atoms with Crippen LogP contribution in [0.25, 0.3) is 0 Å². The maximum absolute atomic E-state index is 11.6. The molecule has 1 aromatic rings. The van der Waals surface area contributed by atoms with E-state index in [2.05, 4.69) is 4.90 Å². The topological polar surface area (TPSA) is 90.3 Å². The van der Waals surface area contributed by atoms with Gasteiger partial charge in [-0.2, -0.15) is 0 Å². The average Bonchev–Trinajstić information content (AvgIpc) is 2.90. The van der Waals surface area contributed by atoms with Crippen molar-refractivity contribution in [3.8, 4) is 0 Å². The van der Waals surface area contributed by atoms with Crippen LogP contribution in [0.3, 0.4) is 0 Å². The van der Waals surface area contributed by atoms with Crippen molar-refractivity contribution >= 4 is 12.1 Å². The maximum atomic E-state index is 11.6. The zero-order valence-corrected chi connectivity index (χ0v) is 13.0. The molecule has 7 heteroatoms. The highest BCUT2D eigenvalue weighted by atomic mass is 16.5. The number of hydrogen-bond donors (Lipinski definition) is 2. The lowest BCUT2D eigenvalue weighted by Gasteiger charge is -2.34. The molecule has 0 saturated carbocycles. The number of piperazine rings is 1. The number of carbonyl (C=O) groups is 2. The summed E-state index contributed by atoms with van der Waals surface area (Å²) in [6.45, 7) is 4.71. The third kappa shape index (κ3) is 3.02. The summed E-state index contributed by atoms with van der Waals surface area (Å²) in [6.07, 6.45) is -1.57. The number of benzene rings is 1. The van der Waals surface area contributed by atoms with Gasteiger partial charge in [-0.05, 0) is 24.1 Å². The number of fused-ring (bicyclic) bond motifs is 1. The highest BCUT2D eigenvalue weighted by Crippen LogP contribution is 2.29. The van der Waals surface area contributed by atoms with Crippen LogP contribution in [0.4, 0.5) is 4.79 Å². The lowest BCUT2D eigenvalue weighted by Crippen LogP contribution is -2.49. The molecule has 1 amide bonds. The van der Waals surface area contributed by atoms with Crippen molar-refractivity contribution in [1.82, 2.24) is 9.80 Å². The van der Waals surface area contributed by atoms with Crippen molar-refractivity contribution in [1.29, 1.82) is 0 Å². The molecule has 1 aromatic carbocycles. The van der Waals surface area contributed by atoms with E-state index in [1.807, 2.05) is 6.92 Å². The van der Waals surface area contributed by atoms with Gasteiger partial charge in [-0.3, -0.25) is 4.90 Å². The Bertz CT molecular complexity index is 638. The summed E-state index contributed by atoms with van der Waals surface area (Å²) in [5, 5.41) is 19.5. The van der Waals surface area contributed by atoms with Crippen molar-refractivity contribution in [3.63, 3.8) is 0 Å². The molecule has 0 radical (unpaired) electrons. The van der Waals surface area contributed by atoms with E-state index in [9.17, 15) is 14.7 Å². The summed E-state index contributed by atoms with van der Waals surface area (Å²) in [4.78, 5) is 25.9. The molecule has 0 bridgehead atoms. The molecular weight excluding hydrogens is 300 g/mol. The molecule has 7 nitrogen and oxygen atoms in total. The van der Waals surface area contributed by atoms with E-state index in [4.69, 9.17) is 9.84 Å². The molecule has 1 saturated heterocycles. The van der Waals surface area contributed by atoms with E-state index < -0.39 is 12.2 Å². The van der Waals surface area contributed by atoms with E-state index in [0.717, 1.165) is 16.7 Å². The lowest BCUT2D eigenvalue weighted by molar-refractivity contribution is 0.0535. The minimum Gasteiger partial charge on any atom is -0.465 e. The van der Waals surface area contributed by atoms with Gasteiger partial charge >= 0.3 is 12.1 Å². The van der Waals surface area contributed by atoms with Crippen molar-refractivity contribution in [3.05, 3.63) is 34.4 Å². The number of esters is 1. The van der Waals surface area contributed by atoms with Crippen LogP contribution in [0.2, 0.25) is 0 Å². The number of rotatable bonds is 3. The van der Waals surface area contributed by atoms with E-state index in [1.165, 1.54) is 4.90 Å². The number of nitrogens with zero attached hydrogens (tertiary/aromatic N) is 2. The zero-order valence-electron chi connectivity index (χ0n) is 13.0. The summed E-state index contributed by atoms with van der Waals surface area (Å²) in [5.41, 5.74) is 3.11. The van der Waals surface area contributed by atoms with Crippen molar-refractivity contribution in [2.75, 3.05) is 32.7 Å². The number of hydrogen-bond acceptors (Lipinski definition) is 5. The molecule has 124 valence electrons. The van der Waals surface area contributed by atoms with Crippen LogP contribution in [0.15, 0.2) is 12.1 Å². The van der Waals surface area contributed by atoms with Crippen LogP contribution < -0.4 is 0 Å². The standard InChI is InChI=1S/C16H20N2O5/c1-10-11(2-3-12-13(10)9-23-15(12)20)14(19)8-17-4-6-18(7-5-17)16(21)22/h2-3,14,19H,4-9H2,1H3,(H,21,22). The molecule has 1 unspecified atom stereocenters. The van der Waals surface area contributed by atoms with Gasteiger partial charge in [0.25, 0.3) is 0 Å². The van der Waals surface area contributed by atoms with Gasteiger partial charge in [-0.25, -0.2) is 9.59 Å². The van der Waals surface area contributed by atoms with Gasteiger partial charge in [0.1, 0.15) is 6.61 Å². The third-order valence-electron chi connectivity index (χ3n) is 4.64. The molecule has 0 aromatic heterocycles. The smallest absolute Gasteiger partial charge is 0.407 e. The first-order valence-electron chi connectivity index (χ1n) is 7.65. The summed E-state index contributed by atoms with van der Waals surface area (Å²) in [6, 6.07) is 3.48. The number of aliphatic hydroxyl groups excluding tert-OH is 1. The molecule has 23 heavy (non-hydrogen) atoms. The Morgan fingerprint density at radius 2 is 2.00 bits per heavy atom. The second-order valence-corrected chi connectivity index (χ2v) is 5.97. The Kier molecular flexibility index (Phi) is 4.23. The molecule has 1 atom stereocenters. The van der Waals surface area contributed by atoms with Crippen molar-refractivity contribution < 1.29 is 24.5 Å². The summed E-state index contributed by atoms with van der Waals surface area (Å²) in [5.74, 6) is -0.311. The number of aliphatic hydroxyl groups is 1. The summed E-state index contributed by atoms with van der Waals surface area (Å²) >= 11 is 0. The predicted molar refractivity (Wildman–Crippen MR) is 81.3 cm³/mol. The minimum atomic E-state index is -0.899. The number of cyclic esters (lactones) is 1. The van der Waals surface area contributed by atoms with Gasteiger partial charge in [-0.1, -0.05) is 6.07 Å². The molecule has 0 spiro atoms. The average molecular weight is 320 g/mol. The minimum absolute atomic E-state index is 0.262. The number of carbonyl (C=O) groups excluding carboxylic acids is 1. The van der Waals surface area contributed by atoms with Gasteiger partial charge in [0, 0.05) is 38.3 Å². The van der Waals surface area contributed by atoms with Gasteiger partial charge in [-0.15, -0.1) is 0 Å². The number of amides is 1. The normalized spacial score (nSPS) is 19.4. The fourth-order valence-electron chi connectivity index (χ4n) is 3.19. The van der Waals surface area contributed by atoms with Gasteiger partial charge < -0.3 is 19.8 Å². The monoisotopic (exact) mass is 320 g/mol. The first kappa shape index (κ1) is 15.8. The van der Waals surface area contributed by atoms with Crippen molar-refractivity contribution in [2.45, 2.75) is 19.6 Å². The summed E-state index contributed by atoms with van der Waals surface area (Å²) in [7, 11) is 0. The third-order valence-corrected chi connectivity index (χ3v) is 4.64. The van der Waals surface area contributed by atoms with Crippen LogP contribution >= 0.6 is 0 Å². The number of ether oxygens (including phenoxy) is 1. The molecule has 2 heterocycles. The Morgan fingerprint density at radius 3 is 2.65 bits per heavy atom. The first-order valence-corrected chi connectivity index (χ1v) is 7.65. The lowest BCUT2D eigenvalue weighted by atomic mass is 9.95. The van der Waals surface area contributed by atoms with E-state index in [0.29, 0.717) is 38.3 Å². The predicted octanol–water partition coefficient (Wildman–Crippen LogP) is 0.994. The Labute approximate surface area is 134 Å². The van der Waals surface area contributed by atoms with Crippen LogP contribution in [-0.4, -0.2) is 64.8 Å². The number of β-amino-alcohol motifs (C(OH)–C–C–N with tert-alkyl or cyclic N) is 1. The Morgan fingerprint density at radius 1 is 1.30 bits per heavy atom. The van der Waals surface area contributed by atoms with Gasteiger partial charge in [0.15, 0.2) is 0 Å². The summed E-state index contributed by atoms with van der Waals surface area (Å²) < 4.78 is 5.03. The van der Waals surface area contributed by atoms with Crippen LogP contribution in [-0.2, 0) is 11.3 Å². The highest BCUT2D eigenvalue weighted by Gasteiger charge is 2.27. The highest BCUT2D eigenvalue weighted by molar-refractivity contribution is 5.93. The molecule has 1 fully saturated rings. The zero-order chi connectivity index (χ0) is 16.6. The molecule has 3 rings (SSSR count). The van der Waals surface area contributed by atoms with Crippen molar-refractivity contribution in [2.24, 2.45) is 0 Å². The fourth-order valence-corrected chi connectivity index (χ4v) is 3.19. The molecule has 2 aliphatic heterocycles. The van der Waals surface area contributed by atoms with Gasteiger partial charge in [0.2, 0.25) is 0 Å². The maximum Gasteiger partial charge on any atom is 0.407 e. The number of carboxylic acid groups (broad SMARTS) is 1.